The van der Waals surface area contributed by atoms with Crippen LogP contribution in [0, 0.1) is 17.1 Å². The molecule has 1 N–H and O–H groups in total. The van der Waals surface area contributed by atoms with Crippen LogP contribution in [0.2, 0.25) is 0 Å². The minimum atomic E-state index is -0.888. The fraction of sp³-hybridized carbons (Fsp3) is 0.211. The Balaban J connectivity index is 1.90. The number of carbonyl (C=O) groups is 2. The third-order valence-corrected chi connectivity index (χ3v) is 3.51. The standard InChI is InChI=1S/C19H17FN2O3/c1-2-18(23)14-5-9-16(10-6-14)25-12-19(24)22-17(11-21)13-3-7-15(20)8-4-13/h3-10,17H,2,12H2,1H3,(H,22,24)/t17-/m0/s1. The van der Waals surface area contributed by atoms with E-state index in [0.29, 0.717) is 23.3 Å². The number of ether oxygens (including phenoxy) is 1. The molecule has 0 spiro atoms. The van der Waals surface area contributed by atoms with Crippen molar-refractivity contribution in [2.75, 3.05) is 6.61 Å². The second kappa shape index (κ2) is 8.60. The Bertz CT molecular complexity index is 780. The highest BCUT2D eigenvalue weighted by Gasteiger charge is 2.14. The van der Waals surface area contributed by atoms with Gasteiger partial charge in [0.1, 0.15) is 17.6 Å². The fourth-order valence-electron chi connectivity index (χ4n) is 2.14. The van der Waals surface area contributed by atoms with Gasteiger partial charge in [-0.05, 0) is 42.0 Å². The van der Waals surface area contributed by atoms with E-state index in [-0.39, 0.29) is 12.4 Å². The van der Waals surface area contributed by atoms with E-state index in [1.807, 2.05) is 6.07 Å². The molecule has 0 unspecified atom stereocenters. The maximum absolute atomic E-state index is 12.9. The van der Waals surface area contributed by atoms with Crippen molar-refractivity contribution in [3.8, 4) is 11.8 Å². The Morgan fingerprint density at radius 1 is 1.16 bits per heavy atom. The van der Waals surface area contributed by atoms with Gasteiger partial charge >= 0.3 is 0 Å². The Kier molecular flexibility index (Phi) is 6.24. The van der Waals surface area contributed by atoms with Crippen LogP contribution in [0.4, 0.5) is 4.39 Å². The van der Waals surface area contributed by atoms with Crippen molar-refractivity contribution in [1.82, 2.24) is 5.32 Å². The van der Waals surface area contributed by atoms with Crippen LogP contribution in [0.1, 0.15) is 35.3 Å². The summed E-state index contributed by atoms with van der Waals surface area (Å²) in [7, 11) is 0. The summed E-state index contributed by atoms with van der Waals surface area (Å²) in [4.78, 5) is 23.5. The predicted octanol–water partition coefficient (Wildman–Crippen LogP) is 3.18. The molecule has 5 nitrogen and oxygen atoms in total. The first-order chi connectivity index (χ1) is 12.0. The average molecular weight is 340 g/mol. The molecule has 0 aliphatic rings. The van der Waals surface area contributed by atoms with Gasteiger partial charge in [-0.15, -0.1) is 0 Å². The molecule has 2 rings (SSSR count). The van der Waals surface area contributed by atoms with Gasteiger partial charge in [0.05, 0.1) is 6.07 Å². The lowest BCUT2D eigenvalue weighted by molar-refractivity contribution is -0.123. The molecule has 0 heterocycles. The molecule has 128 valence electrons. The van der Waals surface area contributed by atoms with E-state index in [1.165, 1.54) is 24.3 Å². The summed E-state index contributed by atoms with van der Waals surface area (Å²) in [6.45, 7) is 1.50. The zero-order chi connectivity index (χ0) is 18.2. The van der Waals surface area contributed by atoms with Crippen LogP contribution in [-0.4, -0.2) is 18.3 Å². The third-order valence-electron chi connectivity index (χ3n) is 3.51. The van der Waals surface area contributed by atoms with E-state index >= 15 is 0 Å². The van der Waals surface area contributed by atoms with Crippen LogP contribution in [0.3, 0.4) is 0 Å². The summed E-state index contributed by atoms with van der Waals surface area (Å²) in [5, 5.41) is 11.7. The molecule has 0 saturated carbocycles. The number of ketones is 1. The van der Waals surface area contributed by atoms with Crippen molar-refractivity contribution in [1.29, 1.82) is 5.26 Å². The molecule has 0 fully saturated rings. The van der Waals surface area contributed by atoms with E-state index in [1.54, 1.807) is 31.2 Å². The molecule has 1 atom stereocenters. The van der Waals surface area contributed by atoms with E-state index in [0.717, 1.165) is 0 Å². The molecular weight excluding hydrogens is 323 g/mol. The number of hydrogen-bond donors (Lipinski definition) is 1. The SMILES string of the molecule is CCC(=O)c1ccc(OCC(=O)N[C@@H](C#N)c2ccc(F)cc2)cc1. The minimum Gasteiger partial charge on any atom is -0.484 e. The van der Waals surface area contributed by atoms with Gasteiger partial charge < -0.3 is 10.1 Å². The van der Waals surface area contributed by atoms with Crippen molar-refractivity contribution in [2.24, 2.45) is 0 Å². The van der Waals surface area contributed by atoms with Gasteiger partial charge in [-0.3, -0.25) is 9.59 Å². The first kappa shape index (κ1) is 18.1. The summed E-state index contributed by atoms with van der Waals surface area (Å²) in [6, 6.07) is 12.9. The molecule has 2 aromatic rings. The maximum Gasteiger partial charge on any atom is 0.259 e. The molecule has 6 heteroatoms. The molecule has 0 saturated heterocycles. The van der Waals surface area contributed by atoms with Crippen LogP contribution in [0.25, 0.3) is 0 Å². The van der Waals surface area contributed by atoms with Gasteiger partial charge in [0, 0.05) is 12.0 Å². The highest BCUT2D eigenvalue weighted by Crippen LogP contribution is 2.15. The number of rotatable bonds is 7. The molecule has 0 aromatic heterocycles. The molecule has 0 bridgehead atoms. The summed E-state index contributed by atoms with van der Waals surface area (Å²) in [5.41, 5.74) is 1.07. The fourth-order valence-corrected chi connectivity index (χ4v) is 2.14. The van der Waals surface area contributed by atoms with Crippen molar-refractivity contribution in [3.63, 3.8) is 0 Å². The minimum absolute atomic E-state index is 0.0282. The quantitative estimate of drug-likeness (QED) is 0.785. The second-order valence-electron chi connectivity index (χ2n) is 5.27. The zero-order valence-electron chi connectivity index (χ0n) is 13.7. The van der Waals surface area contributed by atoms with Crippen molar-refractivity contribution >= 4 is 11.7 Å². The Hall–Kier alpha value is -3.20. The van der Waals surface area contributed by atoms with Gasteiger partial charge in [-0.1, -0.05) is 19.1 Å². The number of nitrogens with one attached hydrogen (secondary N) is 1. The highest BCUT2D eigenvalue weighted by molar-refractivity contribution is 5.95. The van der Waals surface area contributed by atoms with Gasteiger partial charge in [-0.2, -0.15) is 5.26 Å². The van der Waals surface area contributed by atoms with Crippen LogP contribution < -0.4 is 10.1 Å². The van der Waals surface area contributed by atoms with Crippen LogP contribution in [0.5, 0.6) is 5.75 Å². The summed E-state index contributed by atoms with van der Waals surface area (Å²) in [6.07, 6.45) is 0.418. The molecule has 0 radical (unpaired) electrons. The summed E-state index contributed by atoms with van der Waals surface area (Å²) in [5.74, 6) is -0.428. The number of Topliss-reactive ketones (excluding diaryl/α,β-unsaturated/α-hetero) is 1. The topological polar surface area (TPSA) is 79.2 Å². The Labute approximate surface area is 145 Å². The molecule has 0 aliphatic heterocycles. The Morgan fingerprint density at radius 3 is 2.36 bits per heavy atom. The summed E-state index contributed by atoms with van der Waals surface area (Å²) >= 11 is 0. The number of nitriles is 1. The van der Waals surface area contributed by atoms with Crippen LogP contribution >= 0.6 is 0 Å². The summed E-state index contributed by atoms with van der Waals surface area (Å²) < 4.78 is 18.3. The smallest absolute Gasteiger partial charge is 0.259 e. The van der Waals surface area contributed by atoms with E-state index < -0.39 is 17.8 Å². The van der Waals surface area contributed by atoms with Gasteiger partial charge in [0.25, 0.3) is 5.91 Å². The monoisotopic (exact) mass is 340 g/mol. The van der Waals surface area contributed by atoms with E-state index in [9.17, 15) is 14.0 Å². The van der Waals surface area contributed by atoms with E-state index in [4.69, 9.17) is 10.00 Å². The number of amides is 1. The second-order valence-corrected chi connectivity index (χ2v) is 5.27. The largest absolute Gasteiger partial charge is 0.484 e. The lowest BCUT2D eigenvalue weighted by Crippen LogP contribution is -2.32. The van der Waals surface area contributed by atoms with E-state index in [2.05, 4.69) is 5.32 Å². The number of hydrogen-bond acceptors (Lipinski definition) is 4. The van der Waals surface area contributed by atoms with Gasteiger partial charge in [0.15, 0.2) is 12.4 Å². The normalized spacial score (nSPS) is 11.2. The first-order valence-corrected chi connectivity index (χ1v) is 7.74. The molecule has 0 aliphatic carbocycles. The predicted molar refractivity (Wildman–Crippen MR) is 89.5 cm³/mol. The molecule has 2 aromatic carbocycles. The number of carbonyl (C=O) groups excluding carboxylic acids is 2. The number of halogens is 1. The third kappa shape index (κ3) is 5.15. The zero-order valence-corrected chi connectivity index (χ0v) is 13.7. The van der Waals surface area contributed by atoms with Crippen LogP contribution in [0.15, 0.2) is 48.5 Å². The molecular formula is C19H17FN2O3. The molecule has 25 heavy (non-hydrogen) atoms. The van der Waals surface area contributed by atoms with Crippen molar-refractivity contribution in [3.05, 3.63) is 65.5 Å². The van der Waals surface area contributed by atoms with Gasteiger partial charge in [-0.25, -0.2) is 4.39 Å². The maximum atomic E-state index is 12.9. The first-order valence-electron chi connectivity index (χ1n) is 7.74. The molecule has 1 amide bonds. The van der Waals surface area contributed by atoms with Crippen LogP contribution in [-0.2, 0) is 4.79 Å². The van der Waals surface area contributed by atoms with Crippen molar-refractivity contribution < 1.29 is 18.7 Å². The number of nitrogens with zero attached hydrogens (tertiary/aromatic N) is 1. The highest BCUT2D eigenvalue weighted by atomic mass is 19.1. The average Bonchev–Trinajstić information content (AvgIpc) is 2.65. The lowest BCUT2D eigenvalue weighted by Gasteiger charge is -2.12. The number of benzene rings is 2. The van der Waals surface area contributed by atoms with Crippen molar-refractivity contribution in [2.45, 2.75) is 19.4 Å². The Morgan fingerprint density at radius 2 is 1.80 bits per heavy atom. The lowest BCUT2D eigenvalue weighted by atomic mass is 10.1. The van der Waals surface area contributed by atoms with Gasteiger partial charge in [0.2, 0.25) is 0 Å².